The van der Waals surface area contributed by atoms with Crippen molar-refractivity contribution in [2.45, 2.75) is 27.3 Å². The van der Waals surface area contributed by atoms with Crippen molar-refractivity contribution in [3.05, 3.63) is 55.7 Å². The minimum absolute atomic E-state index is 0.0157. The molecule has 31 heavy (non-hydrogen) atoms. The Morgan fingerprint density at radius 3 is 2.35 bits per heavy atom. The Morgan fingerprint density at radius 2 is 1.74 bits per heavy atom. The summed E-state index contributed by atoms with van der Waals surface area (Å²) >= 11 is 6.02. The normalized spacial score (nSPS) is 14.0. The molecular weight excluding hydrogens is 420 g/mol. The minimum atomic E-state index is -0.576. The lowest BCUT2D eigenvalue weighted by Gasteiger charge is -2.28. The molecule has 0 radical (unpaired) electrons. The molecular formula is C21H23ClN6O3. The van der Waals surface area contributed by atoms with E-state index in [2.05, 4.69) is 10.1 Å². The monoisotopic (exact) mass is 442 g/mol. The van der Waals surface area contributed by atoms with Gasteiger partial charge in [0, 0.05) is 24.5 Å². The van der Waals surface area contributed by atoms with Gasteiger partial charge in [0.25, 0.3) is 5.56 Å². The lowest BCUT2D eigenvalue weighted by Crippen LogP contribution is -2.39. The number of aromatic nitrogens is 4. The molecule has 3 heterocycles. The summed E-state index contributed by atoms with van der Waals surface area (Å²) in [7, 11) is 3.00. The Hall–Kier alpha value is -3.20. The lowest BCUT2D eigenvalue weighted by atomic mass is 9.91. The van der Waals surface area contributed by atoms with Gasteiger partial charge in [-0.15, -0.1) is 0 Å². The molecule has 162 valence electrons. The van der Waals surface area contributed by atoms with Crippen LogP contribution in [-0.2, 0) is 25.4 Å². The molecule has 1 aliphatic heterocycles. The standard InChI is InChI=1S/C21H23ClN6O3/c1-21(2,3)15(29)11-28-19-23-17-16(18(30)26(5)20(31)25(17)4)27(19)10-14(24-28)12-6-8-13(22)9-7-12/h6-9H,10-11H2,1-5H3. The average Bonchev–Trinajstić information content (AvgIpc) is 3.10. The Kier molecular flexibility index (Phi) is 4.88. The number of benzene rings is 1. The second-order valence-corrected chi connectivity index (χ2v) is 9.10. The molecule has 0 bridgehead atoms. The van der Waals surface area contributed by atoms with Crippen molar-refractivity contribution in [1.82, 2.24) is 18.7 Å². The summed E-state index contributed by atoms with van der Waals surface area (Å²) in [5.74, 6) is 0.317. The highest BCUT2D eigenvalue weighted by Gasteiger charge is 2.31. The van der Waals surface area contributed by atoms with Gasteiger partial charge in [0.15, 0.2) is 16.9 Å². The smallest absolute Gasteiger partial charge is 0.297 e. The van der Waals surface area contributed by atoms with Gasteiger partial charge in [0.2, 0.25) is 5.95 Å². The molecule has 0 aliphatic carbocycles. The summed E-state index contributed by atoms with van der Waals surface area (Å²) in [6.07, 6.45) is 0. The quantitative estimate of drug-likeness (QED) is 0.617. The molecule has 3 aromatic rings. The third-order valence-electron chi connectivity index (χ3n) is 5.42. The highest BCUT2D eigenvalue weighted by Crippen LogP contribution is 2.27. The molecule has 0 unspecified atom stereocenters. The summed E-state index contributed by atoms with van der Waals surface area (Å²) in [5, 5.41) is 6.78. The Balaban J connectivity index is 1.95. The first-order chi connectivity index (χ1) is 14.5. The van der Waals surface area contributed by atoms with Crippen LogP contribution in [0, 0.1) is 5.41 Å². The van der Waals surface area contributed by atoms with Crippen LogP contribution in [0.25, 0.3) is 11.2 Å². The van der Waals surface area contributed by atoms with E-state index in [0.29, 0.717) is 16.7 Å². The Labute approximate surface area is 183 Å². The van der Waals surface area contributed by atoms with Crippen LogP contribution in [0.1, 0.15) is 26.3 Å². The first-order valence-electron chi connectivity index (χ1n) is 9.79. The van der Waals surface area contributed by atoms with Crippen molar-refractivity contribution >= 4 is 40.2 Å². The second kappa shape index (κ2) is 7.19. The highest BCUT2D eigenvalue weighted by atomic mass is 35.5. The molecule has 0 spiro atoms. The van der Waals surface area contributed by atoms with Crippen LogP contribution in [0.15, 0.2) is 39.0 Å². The van der Waals surface area contributed by atoms with Gasteiger partial charge in [-0.2, -0.15) is 10.1 Å². The minimum Gasteiger partial charge on any atom is -0.297 e. The van der Waals surface area contributed by atoms with Gasteiger partial charge < -0.3 is 0 Å². The van der Waals surface area contributed by atoms with Crippen LogP contribution >= 0.6 is 11.6 Å². The summed E-state index contributed by atoms with van der Waals surface area (Å²) in [5.41, 5.74) is 0.513. The molecule has 0 saturated carbocycles. The molecule has 0 fully saturated rings. The second-order valence-electron chi connectivity index (χ2n) is 8.66. The Morgan fingerprint density at radius 1 is 1.10 bits per heavy atom. The van der Waals surface area contributed by atoms with Crippen molar-refractivity contribution in [1.29, 1.82) is 0 Å². The van der Waals surface area contributed by atoms with E-state index in [1.165, 1.54) is 16.6 Å². The van der Waals surface area contributed by atoms with Crippen LogP contribution in [0.2, 0.25) is 5.02 Å². The predicted octanol–water partition coefficient (Wildman–Crippen LogP) is 1.93. The number of nitrogens with zero attached hydrogens (tertiary/aromatic N) is 6. The fraction of sp³-hybridized carbons (Fsp3) is 0.381. The highest BCUT2D eigenvalue weighted by molar-refractivity contribution is 6.30. The summed E-state index contributed by atoms with van der Waals surface area (Å²) in [4.78, 5) is 42.7. The first-order valence-corrected chi connectivity index (χ1v) is 10.2. The fourth-order valence-electron chi connectivity index (χ4n) is 3.42. The zero-order valence-corrected chi connectivity index (χ0v) is 18.8. The van der Waals surface area contributed by atoms with Crippen LogP contribution in [-0.4, -0.2) is 36.7 Å². The number of carbonyl (C=O) groups is 1. The zero-order valence-electron chi connectivity index (χ0n) is 18.0. The van der Waals surface area contributed by atoms with Crippen molar-refractivity contribution in [3.8, 4) is 0 Å². The van der Waals surface area contributed by atoms with Crippen molar-refractivity contribution < 1.29 is 4.79 Å². The molecule has 1 aliphatic rings. The summed E-state index contributed by atoms with van der Waals surface area (Å²) < 4.78 is 4.09. The number of Topliss-reactive ketones (excluding diaryl/α,β-unsaturated/α-hetero) is 1. The fourth-order valence-corrected chi connectivity index (χ4v) is 3.55. The van der Waals surface area contributed by atoms with Gasteiger partial charge in [-0.3, -0.25) is 23.3 Å². The van der Waals surface area contributed by atoms with Crippen LogP contribution in [0.5, 0.6) is 0 Å². The van der Waals surface area contributed by atoms with Gasteiger partial charge in [-0.05, 0) is 17.7 Å². The molecule has 0 amide bonds. The maximum absolute atomic E-state index is 13.0. The third-order valence-corrected chi connectivity index (χ3v) is 5.67. The lowest BCUT2D eigenvalue weighted by molar-refractivity contribution is -0.124. The number of anilines is 1. The van der Waals surface area contributed by atoms with Gasteiger partial charge in [-0.1, -0.05) is 44.5 Å². The van der Waals surface area contributed by atoms with Gasteiger partial charge in [0.05, 0.1) is 12.3 Å². The van der Waals surface area contributed by atoms with E-state index in [4.69, 9.17) is 11.6 Å². The number of aryl methyl sites for hydroxylation is 1. The van der Waals surface area contributed by atoms with E-state index in [-0.39, 0.29) is 30.0 Å². The van der Waals surface area contributed by atoms with Crippen LogP contribution in [0.3, 0.4) is 0 Å². The van der Waals surface area contributed by atoms with Crippen LogP contribution in [0.4, 0.5) is 5.95 Å². The van der Waals surface area contributed by atoms with E-state index in [1.54, 1.807) is 23.7 Å². The molecule has 10 heteroatoms. The number of hydrogen-bond donors (Lipinski definition) is 0. The van der Waals surface area contributed by atoms with E-state index in [9.17, 15) is 14.4 Å². The van der Waals surface area contributed by atoms with Crippen molar-refractivity contribution in [2.24, 2.45) is 24.6 Å². The summed E-state index contributed by atoms with van der Waals surface area (Å²) in [6, 6.07) is 7.19. The van der Waals surface area contributed by atoms with Crippen molar-refractivity contribution in [2.75, 3.05) is 11.6 Å². The number of carbonyl (C=O) groups excluding carboxylic acids is 1. The SMILES string of the molecule is Cn1c(=O)c2c(nc3n2CC(c2ccc(Cl)cc2)=NN3CC(=O)C(C)(C)C)n(C)c1=O. The zero-order chi connectivity index (χ0) is 22.7. The number of rotatable bonds is 3. The van der Waals surface area contributed by atoms with Gasteiger partial charge in [-0.25, -0.2) is 9.80 Å². The number of imidazole rings is 1. The number of hydrogen-bond acceptors (Lipinski definition) is 6. The molecule has 4 rings (SSSR count). The number of ketones is 1. The molecule has 0 atom stereocenters. The number of hydrazone groups is 1. The molecule has 0 saturated heterocycles. The average molecular weight is 443 g/mol. The molecule has 9 nitrogen and oxygen atoms in total. The van der Waals surface area contributed by atoms with E-state index >= 15 is 0 Å². The predicted molar refractivity (Wildman–Crippen MR) is 120 cm³/mol. The molecule has 1 aromatic carbocycles. The van der Waals surface area contributed by atoms with Crippen molar-refractivity contribution in [3.63, 3.8) is 0 Å². The number of fused-ring (bicyclic) bond motifs is 3. The van der Waals surface area contributed by atoms with Gasteiger partial charge >= 0.3 is 5.69 Å². The third kappa shape index (κ3) is 3.48. The molecule has 0 N–H and O–H groups in total. The Bertz CT molecular complexity index is 1360. The van der Waals surface area contributed by atoms with Gasteiger partial charge in [0.1, 0.15) is 6.54 Å². The summed E-state index contributed by atoms with van der Waals surface area (Å²) in [6.45, 7) is 5.77. The van der Waals surface area contributed by atoms with E-state index in [1.807, 2.05) is 32.9 Å². The largest absolute Gasteiger partial charge is 0.332 e. The maximum Gasteiger partial charge on any atom is 0.332 e. The maximum atomic E-state index is 13.0. The van der Waals surface area contributed by atoms with E-state index in [0.717, 1.165) is 10.1 Å². The number of halogens is 1. The first kappa shape index (κ1) is 21.0. The van der Waals surface area contributed by atoms with E-state index < -0.39 is 16.7 Å². The van der Waals surface area contributed by atoms with Crippen LogP contribution < -0.4 is 16.3 Å². The molecule has 2 aromatic heterocycles. The topological polar surface area (TPSA) is 94.5 Å².